The van der Waals surface area contributed by atoms with Gasteiger partial charge in [-0.1, -0.05) is 12.1 Å². The summed E-state index contributed by atoms with van der Waals surface area (Å²) in [4.78, 5) is 16.2. The van der Waals surface area contributed by atoms with Crippen LogP contribution >= 0.6 is 11.3 Å². The van der Waals surface area contributed by atoms with Crippen molar-refractivity contribution in [1.82, 2.24) is 14.8 Å². The van der Waals surface area contributed by atoms with Gasteiger partial charge in [-0.05, 0) is 12.1 Å². The van der Waals surface area contributed by atoms with Crippen molar-refractivity contribution in [3.05, 3.63) is 53.6 Å². The Bertz CT molecular complexity index is 796. The van der Waals surface area contributed by atoms with Crippen molar-refractivity contribution in [3.8, 4) is 10.6 Å². The minimum absolute atomic E-state index is 0.252. The van der Waals surface area contributed by atoms with Crippen LogP contribution in [0.15, 0.2) is 42.0 Å². The topological polar surface area (TPSA) is 59.8 Å². The Hall–Kier alpha value is -2.54. The van der Waals surface area contributed by atoms with Gasteiger partial charge >= 0.3 is 0 Å². The van der Waals surface area contributed by atoms with Crippen molar-refractivity contribution in [2.24, 2.45) is 7.05 Å². The van der Waals surface area contributed by atoms with E-state index in [1.165, 1.54) is 17.4 Å². The van der Waals surface area contributed by atoms with Gasteiger partial charge in [0.25, 0.3) is 5.91 Å². The Kier molecular flexibility index (Phi) is 3.49. The Morgan fingerprint density at radius 2 is 2.19 bits per heavy atom. The average molecular weight is 302 g/mol. The maximum atomic E-state index is 13.7. The van der Waals surface area contributed by atoms with Crippen LogP contribution < -0.4 is 5.32 Å². The number of aryl methyl sites for hydroxylation is 1. The highest BCUT2D eigenvalue weighted by Crippen LogP contribution is 2.26. The molecule has 3 rings (SSSR count). The molecule has 5 nitrogen and oxygen atoms in total. The van der Waals surface area contributed by atoms with Gasteiger partial charge in [-0.2, -0.15) is 5.10 Å². The van der Waals surface area contributed by atoms with Crippen LogP contribution in [0.1, 0.15) is 10.5 Å². The maximum Gasteiger partial charge on any atom is 0.275 e. The minimum Gasteiger partial charge on any atom is -0.318 e. The SMILES string of the molecule is Cn1cc(NC(=O)c2csc(-c3ccccc3F)n2)cn1. The lowest BCUT2D eigenvalue weighted by Gasteiger charge is -1.99. The second-order valence-electron chi connectivity index (χ2n) is 4.37. The number of hydrogen-bond acceptors (Lipinski definition) is 4. The molecule has 0 saturated carbocycles. The molecule has 106 valence electrons. The summed E-state index contributed by atoms with van der Waals surface area (Å²) in [5.74, 6) is -0.701. The third-order valence-electron chi connectivity index (χ3n) is 2.80. The lowest BCUT2D eigenvalue weighted by Crippen LogP contribution is -2.11. The number of nitrogens with one attached hydrogen (secondary N) is 1. The molecule has 7 heteroatoms. The number of benzene rings is 1. The second-order valence-corrected chi connectivity index (χ2v) is 5.23. The van der Waals surface area contributed by atoms with E-state index in [9.17, 15) is 9.18 Å². The van der Waals surface area contributed by atoms with Crippen molar-refractivity contribution in [1.29, 1.82) is 0 Å². The summed E-state index contributed by atoms with van der Waals surface area (Å²) in [7, 11) is 1.76. The van der Waals surface area contributed by atoms with Crippen LogP contribution in [0.3, 0.4) is 0 Å². The first kappa shape index (κ1) is 13.4. The van der Waals surface area contributed by atoms with Crippen LogP contribution in [-0.2, 0) is 7.05 Å². The van der Waals surface area contributed by atoms with E-state index < -0.39 is 0 Å². The molecule has 0 fully saturated rings. The van der Waals surface area contributed by atoms with Crippen molar-refractivity contribution in [2.75, 3.05) is 5.32 Å². The standard InChI is InChI=1S/C14H11FN4OS/c1-19-7-9(6-16-19)17-13(20)12-8-21-14(18-12)10-4-2-3-5-11(10)15/h2-8H,1H3,(H,17,20). The van der Waals surface area contributed by atoms with E-state index in [2.05, 4.69) is 15.4 Å². The minimum atomic E-state index is -0.355. The summed E-state index contributed by atoms with van der Waals surface area (Å²) < 4.78 is 15.3. The predicted octanol–water partition coefficient (Wildman–Crippen LogP) is 2.94. The van der Waals surface area contributed by atoms with Gasteiger partial charge in [0.15, 0.2) is 0 Å². The third-order valence-corrected chi connectivity index (χ3v) is 3.68. The number of amides is 1. The summed E-state index contributed by atoms with van der Waals surface area (Å²) in [6.45, 7) is 0. The monoisotopic (exact) mass is 302 g/mol. The van der Waals surface area contributed by atoms with Crippen LogP contribution in [0.2, 0.25) is 0 Å². The summed E-state index contributed by atoms with van der Waals surface area (Å²) in [5, 5.41) is 8.73. The van der Waals surface area contributed by atoms with Crippen molar-refractivity contribution in [2.45, 2.75) is 0 Å². The molecule has 1 N–H and O–H groups in total. The Balaban J connectivity index is 1.82. The number of carbonyl (C=O) groups excluding carboxylic acids is 1. The highest BCUT2D eigenvalue weighted by molar-refractivity contribution is 7.13. The molecule has 0 spiro atoms. The van der Waals surface area contributed by atoms with Crippen LogP contribution in [-0.4, -0.2) is 20.7 Å². The van der Waals surface area contributed by atoms with E-state index in [4.69, 9.17) is 0 Å². The Labute approximate surface area is 124 Å². The van der Waals surface area contributed by atoms with Gasteiger partial charge in [0, 0.05) is 24.2 Å². The molecular weight excluding hydrogens is 291 g/mol. The summed E-state index contributed by atoms with van der Waals surface area (Å²) in [6.07, 6.45) is 3.23. The first-order valence-electron chi connectivity index (χ1n) is 6.14. The predicted molar refractivity (Wildman–Crippen MR) is 78.7 cm³/mol. The van der Waals surface area contributed by atoms with Gasteiger partial charge in [0.05, 0.1) is 11.9 Å². The molecular formula is C14H11FN4OS. The average Bonchev–Trinajstić information content (AvgIpc) is 3.09. The van der Waals surface area contributed by atoms with Crippen molar-refractivity contribution >= 4 is 22.9 Å². The van der Waals surface area contributed by atoms with Gasteiger partial charge < -0.3 is 5.32 Å². The van der Waals surface area contributed by atoms with Crippen molar-refractivity contribution in [3.63, 3.8) is 0 Å². The molecule has 3 aromatic rings. The van der Waals surface area contributed by atoms with Crippen LogP contribution in [0.5, 0.6) is 0 Å². The molecule has 0 atom stereocenters. The van der Waals surface area contributed by atoms with Gasteiger partial charge in [-0.15, -0.1) is 11.3 Å². The molecule has 0 unspecified atom stereocenters. The zero-order valence-electron chi connectivity index (χ0n) is 11.1. The van der Waals surface area contributed by atoms with Crippen molar-refractivity contribution < 1.29 is 9.18 Å². The molecule has 0 aliphatic carbocycles. The Morgan fingerprint density at radius 1 is 1.38 bits per heavy atom. The fourth-order valence-electron chi connectivity index (χ4n) is 1.82. The molecule has 0 aliphatic rings. The number of anilines is 1. The van der Waals surface area contributed by atoms with Crippen LogP contribution in [0.4, 0.5) is 10.1 Å². The number of nitrogens with zero attached hydrogens (tertiary/aromatic N) is 3. The molecule has 2 aromatic heterocycles. The van der Waals surface area contributed by atoms with E-state index in [1.54, 1.807) is 47.7 Å². The molecule has 0 bridgehead atoms. The molecule has 1 aromatic carbocycles. The smallest absolute Gasteiger partial charge is 0.275 e. The maximum absolute atomic E-state index is 13.7. The normalized spacial score (nSPS) is 10.6. The molecule has 0 aliphatic heterocycles. The first-order chi connectivity index (χ1) is 10.1. The number of halogens is 1. The zero-order chi connectivity index (χ0) is 14.8. The van der Waals surface area contributed by atoms with Crippen LogP contribution in [0, 0.1) is 5.82 Å². The van der Waals surface area contributed by atoms with E-state index in [1.807, 2.05) is 0 Å². The number of thiazole rings is 1. The largest absolute Gasteiger partial charge is 0.318 e. The summed E-state index contributed by atoms with van der Waals surface area (Å²) >= 11 is 1.23. The van der Waals surface area contributed by atoms with E-state index >= 15 is 0 Å². The molecule has 0 saturated heterocycles. The van der Waals surface area contributed by atoms with E-state index in [0.29, 0.717) is 16.3 Å². The quantitative estimate of drug-likeness (QED) is 0.809. The second kappa shape index (κ2) is 5.45. The number of hydrogen-bond donors (Lipinski definition) is 1. The lowest BCUT2D eigenvalue weighted by atomic mass is 10.2. The van der Waals surface area contributed by atoms with Gasteiger partial charge in [0.2, 0.25) is 0 Å². The lowest BCUT2D eigenvalue weighted by molar-refractivity contribution is 0.102. The number of carbonyl (C=O) groups is 1. The fourth-order valence-corrected chi connectivity index (χ4v) is 2.64. The zero-order valence-corrected chi connectivity index (χ0v) is 11.9. The highest BCUT2D eigenvalue weighted by Gasteiger charge is 2.14. The molecule has 1 amide bonds. The van der Waals surface area contributed by atoms with Gasteiger partial charge in [-0.3, -0.25) is 9.48 Å². The Morgan fingerprint density at radius 3 is 2.90 bits per heavy atom. The first-order valence-corrected chi connectivity index (χ1v) is 7.02. The van der Waals surface area contributed by atoms with Gasteiger partial charge in [-0.25, -0.2) is 9.37 Å². The third kappa shape index (κ3) is 2.82. The van der Waals surface area contributed by atoms with Gasteiger partial charge in [0.1, 0.15) is 16.5 Å². The van der Waals surface area contributed by atoms with E-state index in [0.717, 1.165) is 0 Å². The summed E-state index contributed by atoms with van der Waals surface area (Å²) in [6, 6.07) is 6.35. The molecule has 21 heavy (non-hydrogen) atoms. The van der Waals surface area contributed by atoms with E-state index in [-0.39, 0.29) is 17.4 Å². The fraction of sp³-hybridized carbons (Fsp3) is 0.0714. The highest BCUT2D eigenvalue weighted by atomic mass is 32.1. The van der Waals surface area contributed by atoms with Crippen LogP contribution in [0.25, 0.3) is 10.6 Å². The number of aromatic nitrogens is 3. The summed E-state index contributed by atoms with van der Waals surface area (Å²) in [5.41, 5.74) is 1.23. The number of rotatable bonds is 3. The molecule has 2 heterocycles. The molecule has 0 radical (unpaired) electrons.